The van der Waals surface area contributed by atoms with Gasteiger partial charge in [-0.3, -0.25) is 0 Å². The fraction of sp³-hybridized carbons (Fsp3) is 0.625. The van der Waals surface area contributed by atoms with Crippen LogP contribution in [0.15, 0.2) is 6.07 Å². The minimum atomic E-state index is 0.472. The van der Waals surface area contributed by atoms with E-state index in [0.29, 0.717) is 11.0 Å². The smallest absolute Gasteiger partial charge is 0.136 e. The number of thiocarbonyl (C=S) groups is 1. The summed E-state index contributed by atoms with van der Waals surface area (Å²) in [5.74, 6) is 2.63. The van der Waals surface area contributed by atoms with E-state index in [4.69, 9.17) is 22.9 Å². The molecule has 4 rings (SSSR count). The van der Waals surface area contributed by atoms with Gasteiger partial charge in [-0.15, -0.1) is 0 Å². The summed E-state index contributed by atoms with van der Waals surface area (Å²) in [6, 6.07) is 2.77. The average Bonchev–Trinajstić information content (AvgIpc) is 3.33. The van der Waals surface area contributed by atoms with Gasteiger partial charge in [0.15, 0.2) is 0 Å². The van der Waals surface area contributed by atoms with E-state index in [1.807, 2.05) is 0 Å². The molecule has 106 valence electrons. The molecule has 2 fully saturated rings. The summed E-state index contributed by atoms with van der Waals surface area (Å²) in [5, 5.41) is 3.70. The number of hydrogen-bond donors (Lipinski definition) is 2. The molecule has 0 atom stereocenters. The van der Waals surface area contributed by atoms with Crippen LogP contribution in [0.3, 0.4) is 0 Å². The van der Waals surface area contributed by atoms with Gasteiger partial charge < -0.3 is 11.1 Å². The lowest BCUT2D eigenvalue weighted by Crippen LogP contribution is -2.27. The Morgan fingerprint density at radius 1 is 1.25 bits per heavy atom. The topological polar surface area (TPSA) is 50.9 Å². The van der Waals surface area contributed by atoms with Gasteiger partial charge in [-0.25, -0.2) is 4.98 Å². The Bertz CT molecular complexity index is 549. The normalized spacial score (nSPS) is 21.1. The molecule has 1 aromatic heterocycles. The molecular formula is C16H21N3S. The van der Waals surface area contributed by atoms with Crippen LogP contribution >= 0.6 is 12.2 Å². The summed E-state index contributed by atoms with van der Waals surface area (Å²) in [6.07, 6.45) is 8.87. The van der Waals surface area contributed by atoms with E-state index >= 15 is 0 Å². The Balaban J connectivity index is 1.66. The minimum Gasteiger partial charge on any atom is -0.389 e. The molecule has 1 aromatic rings. The third-order valence-corrected chi connectivity index (χ3v) is 5.10. The van der Waals surface area contributed by atoms with E-state index in [9.17, 15) is 0 Å². The van der Waals surface area contributed by atoms with E-state index in [1.165, 1.54) is 43.4 Å². The van der Waals surface area contributed by atoms with Crippen molar-refractivity contribution in [2.45, 2.75) is 51.0 Å². The summed E-state index contributed by atoms with van der Waals surface area (Å²) in [6.45, 7) is 0. The van der Waals surface area contributed by atoms with Gasteiger partial charge in [0.05, 0.1) is 5.56 Å². The predicted octanol–water partition coefficient (Wildman–Crippen LogP) is 2.81. The van der Waals surface area contributed by atoms with Gasteiger partial charge in [0.2, 0.25) is 0 Å². The maximum Gasteiger partial charge on any atom is 0.136 e. The number of aryl methyl sites for hydroxylation is 2. The fourth-order valence-electron chi connectivity index (χ4n) is 3.46. The van der Waals surface area contributed by atoms with Crippen LogP contribution in [-0.2, 0) is 12.8 Å². The van der Waals surface area contributed by atoms with Crippen LogP contribution in [0.2, 0.25) is 0 Å². The Morgan fingerprint density at radius 3 is 2.55 bits per heavy atom. The zero-order valence-corrected chi connectivity index (χ0v) is 12.5. The van der Waals surface area contributed by atoms with Crippen molar-refractivity contribution >= 4 is 23.0 Å². The summed E-state index contributed by atoms with van der Waals surface area (Å²) >= 11 is 5.23. The number of aromatic nitrogens is 1. The summed E-state index contributed by atoms with van der Waals surface area (Å²) < 4.78 is 0. The highest BCUT2D eigenvalue weighted by Crippen LogP contribution is 2.46. The van der Waals surface area contributed by atoms with Crippen molar-refractivity contribution in [2.75, 3.05) is 5.32 Å². The van der Waals surface area contributed by atoms with Crippen molar-refractivity contribution in [3.63, 3.8) is 0 Å². The molecular weight excluding hydrogens is 266 g/mol. The highest BCUT2D eigenvalue weighted by Gasteiger charge is 2.42. The van der Waals surface area contributed by atoms with Gasteiger partial charge in [0.1, 0.15) is 10.8 Å². The zero-order valence-electron chi connectivity index (χ0n) is 11.7. The monoisotopic (exact) mass is 287 g/mol. The molecule has 3 nitrogen and oxygen atoms in total. The van der Waals surface area contributed by atoms with Crippen molar-refractivity contribution in [3.8, 4) is 0 Å². The van der Waals surface area contributed by atoms with Crippen LogP contribution < -0.4 is 11.1 Å². The van der Waals surface area contributed by atoms with Crippen LogP contribution in [0.1, 0.15) is 48.9 Å². The standard InChI is InChI=1S/C16H21N3S/c17-15(20)12-8-11-2-1-3-13(11)18-16(12)19-14(9-4-5-9)10-6-7-10/h8-10,14H,1-7H2,(H2,17,20)(H,18,19). The first-order chi connectivity index (χ1) is 9.72. The number of nitrogens with zero attached hydrogens (tertiary/aromatic N) is 1. The first-order valence-corrected chi connectivity index (χ1v) is 8.22. The Morgan fingerprint density at radius 2 is 1.95 bits per heavy atom. The number of rotatable bonds is 5. The molecule has 0 saturated heterocycles. The van der Waals surface area contributed by atoms with Gasteiger partial charge in [-0.2, -0.15) is 0 Å². The van der Waals surface area contributed by atoms with E-state index < -0.39 is 0 Å². The van der Waals surface area contributed by atoms with Crippen molar-refractivity contribution < 1.29 is 0 Å². The first-order valence-electron chi connectivity index (χ1n) is 7.81. The van der Waals surface area contributed by atoms with Gasteiger partial charge in [0, 0.05) is 11.7 Å². The molecule has 1 heterocycles. The lowest BCUT2D eigenvalue weighted by molar-refractivity contribution is 0.565. The maximum absolute atomic E-state index is 5.92. The van der Waals surface area contributed by atoms with Gasteiger partial charge >= 0.3 is 0 Å². The Hall–Kier alpha value is -1.16. The SMILES string of the molecule is NC(=S)c1cc2c(nc1NC(C1CC1)C1CC1)CCC2. The van der Waals surface area contributed by atoms with Crippen LogP contribution in [0, 0.1) is 11.8 Å². The van der Waals surface area contributed by atoms with Crippen molar-refractivity contribution in [3.05, 3.63) is 22.9 Å². The number of hydrogen-bond acceptors (Lipinski definition) is 3. The molecule has 0 radical (unpaired) electrons. The quantitative estimate of drug-likeness (QED) is 0.818. The van der Waals surface area contributed by atoms with Crippen LogP contribution in [-0.4, -0.2) is 16.0 Å². The molecule has 0 spiro atoms. The third-order valence-electron chi connectivity index (χ3n) is 4.88. The van der Waals surface area contributed by atoms with E-state index in [-0.39, 0.29) is 0 Å². The molecule has 3 aliphatic rings. The summed E-state index contributed by atoms with van der Waals surface area (Å²) in [5.41, 5.74) is 9.46. The molecule has 4 heteroatoms. The van der Waals surface area contributed by atoms with E-state index in [2.05, 4.69) is 11.4 Å². The zero-order chi connectivity index (χ0) is 13.7. The predicted molar refractivity (Wildman–Crippen MR) is 85.0 cm³/mol. The molecule has 2 saturated carbocycles. The van der Waals surface area contributed by atoms with E-state index in [0.717, 1.165) is 36.1 Å². The summed E-state index contributed by atoms with van der Waals surface area (Å²) in [7, 11) is 0. The second-order valence-corrected chi connectivity index (χ2v) is 6.99. The number of fused-ring (bicyclic) bond motifs is 1. The molecule has 0 unspecified atom stereocenters. The second kappa shape index (κ2) is 4.69. The molecule has 0 aliphatic heterocycles. The molecule has 0 bridgehead atoms. The largest absolute Gasteiger partial charge is 0.389 e. The first kappa shape index (κ1) is 12.6. The van der Waals surface area contributed by atoms with Gasteiger partial charge in [-0.05, 0) is 68.4 Å². The lowest BCUT2D eigenvalue weighted by Gasteiger charge is -2.21. The van der Waals surface area contributed by atoms with Gasteiger partial charge in [0.25, 0.3) is 0 Å². The third kappa shape index (κ3) is 2.30. The lowest BCUT2D eigenvalue weighted by atomic mass is 10.1. The summed E-state index contributed by atoms with van der Waals surface area (Å²) in [4.78, 5) is 5.33. The minimum absolute atomic E-state index is 0.472. The van der Waals surface area contributed by atoms with Crippen LogP contribution in [0.4, 0.5) is 5.82 Å². The second-order valence-electron chi connectivity index (χ2n) is 6.55. The highest BCUT2D eigenvalue weighted by molar-refractivity contribution is 7.80. The average molecular weight is 287 g/mol. The molecule has 20 heavy (non-hydrogen) atoms. The van der Waals surface area contributed by atoms with Crippen LogP contribution in [0.5, 0.6) is 0 Å². The van der Waals surface area contributed by atoms with Crippen molar-refractivity contribution in [1.29, 1.82) is 0 Å². The van der Waals surface area contributed by atoms with Crippen LogP contribution in [0.25, 0.3) is 0 Å². The number of nitrogens with one attached hydrogen (secondary N) is 1. The maximum atomic E-state index is 5.92. The Kier molecular flexibility index (Phi) is 2.95. The number of pyridine rings is 1. The number of nitrogens with two attached hydrogens (primary N) is 1. The van der Waals surface area contributed by atoms with E-state index in [1.54, 1.807) is 0 Å². The van der Waals surface area contributed by atoms with Crippen molar-refractivity contribution in [2.24, 2.45) is 17.6 Å². The van der Waals surface area contributed by atoms with Crippen molar-refractivity contribution in [1.82, 2.24) is 4.98 Å². The molecule has 0 amide bonds. The number of anilines is 1. The molecule has 3 aliphatic carbocycles. The Labute approximate surface area is 125 Å². The molecule has 3 N–H and O–H groups in total. The fourth-order valence-corrected chi connectivity index (χ4v) is 3.61. The molecule has 0 aromatic carbocycles. The van der Waals surface area contributed by atoms with Gasteiger partial charge in [-0.1, -0.05) is 12.2 Å². The highest BCUT2D eigenvalue weighted by atomic mass is 32.1.